The van der Waals surface area contributed by atoms with E-state index in [4.69, 9.17) is 27.1 Å². The molecule has 0 saturated carbocycles. The summed E-state index contributed by atoms with van der Waals surface area (Å²) in [4.78, 5) is 9.27. The van der Waals surface area contributed by atoms with Crippen LogP contribution in [0.2, 0.25) is 0 Å². The van der Waals surface area contributed by atoms with Crippen LogP contribution >= 0.6 is 23.4 Å². The molecule has 160 valence electrons. The van der Waals surface area contributed by atoms with Crippen LogP contribution in [-0.4, -0.2) is 35.1 Å². The number of aryl methyl sites for hydroxylation is 1. The molecule has 2 aromatic rings. The lowest BCUT2D eigenvalue weighted by Crippen LogP contribution is -2.23. The molecule has 5 nitrogen and oxygen atoms in total. The summed E-state index contributed by atoms with van der Waals surface area (Å²) in [7, 11) is 1.67. The minimum Gasteiger partial charge on any atom is -0.496 e. The third-order valence-corrected chi connectivity index (χ3v) is 5.97. The van der Waals surface area contributed by atoms with E-state index in [-0.39, 0.29) is 0 Å². The van der Waals surface area contributed by atoms with Gasteiger partial charge >= 0.3 is 0 Å². The number of nitrogens with one attached hydrogen (secondary N) is 1. The number of methoxy groups -OCH3 is 1. The molecule has 1 unspecified atom stereocenters. The van der Waals surface area contributed by atoms with E-state index in [0.29, 0.717) is 30.1 Å². The third kappa shape index (κ3) is 6.96. The molecule has 0 spiro atoms. The molecule has 7 heteroatoms. The van der Waals surface area contributed by atoms with Crippen molar-refractivity contribution in [3.05, 3.63) is 40.6 Å². The molecular formula is C22H33ClN4OS. The number of nitrogen functional groups attached to an aromatic ring is 1. The van der Waals surface area contributed by atoms with E-state index in [2.05, 4.69) is 29.5 Å². The number of thioether (sulfide) groups is 1. The van der Waals surface area contributed by atoms with Gasteiger partial charge in [-0.1, -0.05) is 31.9 Å². The van der Waals surface area contributed by atoms with Crippen molar-refractivity contribution < 1.29 is 4.74 Å². The number of ether oxygens (including phenoxy) is 1. The van der Waals surface area contributed by atoms with Gasteiger partial charge in [0.05, 0.1) is 7.11 Å². The summed E-state index contributed by atoms with van der Waals surface area (Å²) >= 11 is 7.87. The number of nitrogens with two attached hydrogens (primary N) is 1. The van der Waals surface area contributed by atoms with Crippen molar-refractivity contribution >= 4 is 35.1 Å². The fourth-order valence-corrected chi connectivity index (χ4v) is 4.01. The summed E-state index contributed by atoms with van der Waals surface area (Å²) in [5.41, 5.74) is 10.2. The van der Waals surface area contributed by atoms with Crippen LogP contribution in [0.3, 0.4) is 0 Å². The maximum Gasteiger partial charge on any atom is 0.225 e. The van der Waals surface area contributed by atoms with Gasteiger partial charge in [0.1, 0.15) is 11.6 Å². The second kappa shape index (κ2) is 12.1. The maximum absolute atomic E-state index is 6.35. The molecule has 0 bridgehead atoms. The Hall–Kier alpha value is -1.66. The van der Waals surface area contributed by atoms with Gasteiger partial charge in [-0.2, -0.15) is 16.7 Å². The molecule has 0 fully saturated rings. The number of rotatable bonds is 12. The van der Waals surface area contributed by atoms with E-state index < -0.39 is 0 Å². The Bertz CT molecular complexity index is 756. The fourth-order valence-electron chi connectivity index (χ4n) is 3.33. The Kier molecular flexibility index (Phi) is 9.88. The number of nitrogens with zero attached hydrogens (tertiary/aromatic N) is 2. The second-order valence-corrected chi connectivity index (χ2v) is 8.47. The zero-order valence-corrected chi connectivity index (χ0v) is 19.5. The average molecular weight is 437 g/mol. The predicted octanol–water partition coefficient (Wildman–Crippen LogP) is 5.43. The van der Waals surface area contributed by atoms with Crippen LogP contribution < -0.4 is 15.8 Å². The predicted molar refractivity (Wildman–Crippen MR) is 126 cm³/mol. The monoisotopic (exact) mass is 436 g/mol. The normalized spacial score (nSPS) is 12.0. The van der Waals surface area contributed by atoms with Crippen molar-refractivity contribution in [1.29, 1.82) is 0 Å². The van der Waals surface area contributed by atoms with Crippen LogP contribution in [0, 0.1) is 6.92 Å². The average Bonchev–Trinajstić information content (AvgIpc) is 2.72. The van der Waals surface area contributed by atoms with Crippen LogP contribution in [0.4, 0.5) is 11.8 Å². The van der Waals surface area contributed by atoms with Gasteiger partial charge in [-0.25, -0.2) is 4.98 Å². The van der Waals surface area contributed by atoms with Gasteiger partial charge in [0.2, 0.25) is 5.95 Å². The molecule has 1 atom stereocenters. The number of aromatic nitrogens is 2. The molecule has 2 rings (SSSR count). The lowest BCUT2D eigenvalue weighted by Gasteiger charge is -2.20. The van der Waals surface area contributed by atoms with Gasteiger partial charge in [-0.05, 0) is 49.0 Å². The SMILES string of the molecule is CCCCC(CCSC)Nc1nc(C)c(Cc2cc(CCl)ccc2OC)c(N)n1. The van der Waals surface area contributed by atoms with Crippen LogP contribution in [0.15, 0.2) is 18.2 Å². The highest BCUT2D eigenvalue weighted by Gasteiger charge is 2.15. The lowest BCUT2D eigenvalue weighted by molar-refractivity contribution is 0.410. The maximum atomic E-state index is 6.35. The van der Waals surface area contributed by atoms with Gasteiger partial charge in [0, 0.05) is 29.6 Å². The minimum absolute atomic E-state index is 0.368. The van der Waals surface area contributed by atoms with E-state index in [1.165, 1.54) is 12.8 Å². The van der Waals surface area contributed by atoms with Crippen LogP contribution in [-0.2, 0) is 12.3 Å². The lowest BCUT2D eigenvalue weighted by atomic mass is 10.0. The first kappa shape index (κ1) is 23.6. The molecule has 1 heterocycles. The Balaban J connectivity index is 2.22. The van der Waals surface area contributed by atoms with E-state index >= 15 is 0 Å². The van der Waals surface area contributed by atoms with Crippen molar-refractivity contribution in [1.82, 2.24) is 9.97 Å². The number of alkyl halides is 1. The Morgan fingerprint density at radius 3 is 2.69 bits per heavy atom. The standard InChI is InChI=1S/C22H33ClN4OS/c1-5-6-7-18(10-11-29-4)26-22-25-15(2)19(21(24)27-22)13-17-12-16(14-23)8-9-20(17)28-3/h8-9,12,18H,5-7,10-11,13-14H2,1-4H3,(H3,24,25,26,27). The second-order valence-electron chi connectivity index (χ2n) is 7.22. The molecule has 0 radical (unpaired) electrons. The molecule has 0 saturated heterocycles. The van der Waals surface area contributed by atoms with Gasteiger partial charge < -0.3 is 15.8 Å². The summed E-state index contributed by atoms with van der Waals surface area (Å²) in [5.74, 6) is 3.52. The Labute approximate surface area is 184 Å². The molecular weight excluding hydrogens is 404 g/mol. The van der Waals surface area contributed by atoms with E-state index in [9.17, 15) is 0 Å². The highest BCUT2D eigenvalue weighted by atomic mass is 35.5. The number of hydrogen-bond donors (Lipinski definition) is 2. The summed E-state index contributed by atoms with van der Waals surface area (Å²) in [6.07, 6.45) is 7.32. The molecule has 3 N–H and O–H groups in total. The Morgan fingerprint density at radius 2 is 2.07 bits per heavy atom. The number of benzene rings is 1. The number of unbranched alkanes of at least 4 members (excludes halogenated alkanes) is 1. The van der Waals surface area contributed by atoms with E-state index in [0.717, 1.165) is 46.7 Å². The van der Waals surface area contributed by atoms with Crippen LogP contribution in [0.1, 0.15) is 55.0 Å². The zero-order chi connectivity index (χ0) is 21.2. The Morgan fingerprint density at radius 1 is 1.28 bits per heavy atom. The van der Waals surface area contributed by atoms with Gasteiger partial charge in [0.15, 0.2) is 0 Å². The van der Waals surface area contributed by atoms with Crippen molar-refractivity contribution in [2.75, 3.05) is 30.2 Å². The first-order valence-corrected chi connectivity index (χ1v) is 12.0. The first-order chi connectivity index (χ1) is 14.0. The summed E-state index contributed by atoms with van der Waals surface area (Å²) in [5, 5.41) is 3.50. The zero-order valence-electron chi connectivity index (χ0n) is 17.9. The highest BCUT2D eigenvalue weighted by molar-refractivity contribution is 7.98. The first-order valence-electron chi connectivity index (χ1n) is 10.1. The fraction of sp³-hybridized carbons (Fsp3) is 0.545. The van der Waals surface area contributed by atoms with Crippen LogP contribution in [0.25, 0.3) is 0 Å². The van der Waals surface area contributed by atoms with E-state index in [1.807, 2.05) is 30.8 Å². The van der Waals surface area contributed by atoms with Crippen molar-refractivity contribution in [3.63, 3.8) is 0 Å². The van der Waals surface area contributed by atoms with Crippen molar-refractivity contribution in [3.8, 4) is 5.75 Å². The van der Waals surface area contributed by atoms with E-state index in [1.54, 1.807) is 7.11 Å². The third-order valence-electron chi connectivity index (χ3n) is 5.02. The highest BCUT2D eigenvalue weighted by Crippen LogP contribution is 2.27. The summed E-state index contributed by atoms with van der Waals surface area (Å²) in [6, 6.07) is 6.34. The molecule has 1 aromatic carbocycles. The number of anilines is 2. The molecule has 1 aromatic heterocycles. The van der Waals surface area contributed by atoms with Crippen LogP contribution in [0.5, 0.6) is 5.75 Å². The van der Waals surface area contributed by atoms with Crippen molar-refractivity contribution in [2.45, 2.75) is 57.9 Å². The minimum atomic E-state index is 0.368. The largest absolute Gasteiger partial charge is 0.496 e. The van der Waals surface area contributed by atoms with Gasteiger partial charge in [-0.15, -0.1) is 11.6 Å². The van der Waals surface area contributed by atoms with Gasteiger partial charge in [-0.3, -0.25) is 0 Å². The topological polar surface area (TPSA) is 73.1 Å². The van der Waals surface area contributed by atoms with Crippen molar-refractivity contribution in [2.24, 2.45) is 0 Å². The molecule has 0 aliphatic rings. The molecule has 0 amide bonds. The molecule has 0 aliphatic carbocycles. The summed E-state index contributed by atoms with van der Waals surface area (Å²) in [6.45, 7) is 4.20. The number of hydrogen-bond acceptors (Lipinski definition) is 6. The quantitative estimate of drug-likeness (QED) is 0.432. The summed E-state index contributed by atoms with van der Waals surface area (Å²) < 4.78 is 5.51. The number of halogens is 1. The smallest absolute Gasteiger partial charge is 0.225 e. The van der Waals surface area contributed by atoms with Gasteiger partial charge in [0.25, 0.3) is 0 Å². The molecule has 0 aliphatic heterocycles. The molecule has 29 heavy (non-hydrogen) atoms.